The molecule has 20 heavy (non-hydrogen) atoms. The lowest BCUT2D eigenvalue weighted by Crippen LogP contribution is -2.34. The summed E-state index contributed by atoms with van der Waals surface area (Å²) in [6.07, 6.45) is 0.287. The predicted octanol–water partition coefficient (Wildman–Crippen LogP) is 1.37. The second-order valence-corrected chi connectivity index (χ2v) is 6.17. The van der Waals surface area contributed by atoms with Gasteiger partial charge in [-0.2, -0.15) is 5.26 Å². The van der Waals surface area contributed by atoms with E-state index in [0.717, 1.165) is 18.7 Å². The average Bonchev–Trinajstić information content (AvgIpc) is 2.44. The van der Waals surface area contributed by atoms with Crippen molar-refractivity contribution in [1.82, 2.24) is 9.62 Å². The van der Waals surface area contributed by atoms with Crippen LogP contribution in [0.4, 0.5) is 0 Å². The minimum atomic E-state index is -3.46. The molecular weight excluding hydrogens is 274 g/mol. The van der Waals surface area contributed by atoms with Crippen molar-refractivity contribution in [2.24, 2.45) is 0 Å². The van der Waals surface area contributed by atoms with Crippen molar-refractivity contribution in [1.29, 1.82) is 5.26 Å². The molecule has 110 valence electrons. The van der Waals surface area contributed by atoms with Gasteiger partial charge in [0.05, 0.1) is 17.4 Å². The van der Waals surface area contributed by atoms with Crippen molar-refractivity contribution in [2.45, 2.75) is 25.2 Å². The minimum absolute atomic E-state index is 0.235. The highest BCUT2D eigenvalue weighted by Crippen LogP contribution is 2.10. The Kier molecular flexibility index (Phi) is 6.65. The quantitative estimate of drug-likeness (QED) is 0.786. The standard InChI is InChI=1S/C14H21N3O2S/c1-3-17(4-2)12-11-16-20(18,19)14-7-5-13(6-8-14)9-10-15/h5-8,16H,3-4,9,11-12H2,1-2H3. The number of nitrogens with one attached hydrogen (secondary N) is 1. The Morgan fingerprint density at radius 2 is 1.80 bits per heavy atom. The van der Waals surface area contributed by atoms with E-state index in [4.69, 9.17) is 5.26 Å². The first kappa shape index (κ1) is 16.6. The molecule has 0 fully saturated rings. The minimum Gasteiger partial charge on any atom is -0.303 e. The number of likely N-dealkylation sites (N-methyl/N-ethyl adjacent to an activating group) is 1. The highest BCUT2D eigenvalue weighted by molar-refractivity contribution is 7.89. The average molecular weight is 295 g/mol. The van der Waals surface area contributed by atoms with E-state index in [1.165, 1.54) is 12.1 Å². The number of nitrogens with zero attached hydrogens (tertiary/aromatic N) is 2. The Hall–Kier alpha value is -1.42. The molecule has 0 spiro atoms. The fraction of sp³-hybridized carbons (Fsp3) is 0.500. The topological polar surface area (TPSA) is 73.2 Å². The normalized spacial score (nSPS) is 11.5. The van der Waals surface area contributed by atoms with Crippen molar-refractivity contribution in [3.8, 4) is 6.07 Å². The molecule has 0 saturated heterocycles. The van der Waals surface area contributed by atoms with Crippen LogP contribution in [-0.2, 0) is 16.4 Å². The first-order chi connectivity index (χ1) is 9.53. The van der Waals surface area contributed by atoms with Gasteiger partial charge in [-0.05, 0) is 30.8 Å². The molecule has 1 rings (SSSR count). The summed E-state index contributed by atoms with van der Waals surface area (Å²) in [6.45, 7) is 6.99. The summed E-state index contributed by atoms with van der Waals surface area (Å²) in [6, 6.07) is 8.44. The zero-order chi connectivity index (χ0) is 15.0. The predicted molar refractivity (Wildman–Crippen MR) is 78.7 cm³/mol. The van der Waals surface area contributed by atoms with Crippen LogP contribution < -0.4 is 4.72 Å². The van der Waals surface area contributed by atoms with Crippen LogP contribution in [0.25, 0.3) is 0 Å². The maximum Gasteiger partial charge on any atom is 0.240 e. The summed E-state index contributed by atoms with van der Waals surface area (Å²) in [5.74, 6) is 0. The van der Waals surface area contributed by atoms with E-state index in [1.807, 2.05) is 19.9 Å². The smallest absolute Gasteiger partial charge is 0.240 e. The molecule has 1 aromatic rings. The molecule has 0 radical (unpaired) electrons. The van der Waals surface area contributed by atoms with Crippen LogP contribution in [0.5, 0.6) is 0 Å². The zero-order valence-electron chi connectivity index (χ0n) is 12.0. The van der Waals surface area contributed by atoms with Crippen molar-refractivity contribution >= 4 is 10.0 Å². The lowest BCUT2D eigenvalue weighted by atomic mass is 10.2. The van der Waals surface area contributed by atoms with E-state index >= 15 is 0 Å². The van der Waals surface area contributed by atoms with Gasteiger partial charge in [0.1, 0.15) is 0 Å². The SMILES string of the molecule is CCN(CC)CCNS(=O)(=O)c1ccc(CC#N)cc1. The van der Waals surface area contributed by atoms with Gasteiger partial charge < -0.3 is 4.90 Å². The van der Waals surface area contributed by atoms with Crippen molar-refractivity contribution < 1.29 is 8.42 Å². The van der Waals surface area contributed by atoms with Gasteiger partial charge in [0.25, 0.3) is 0 Å². The van der Waals surface area contributed by atoms with E-state index in [9.17, 15) is 8.42 Å². The molecule has 0 aliphatic heterocycles. The fourth-order valence-electron chi connectivity index (χ4n) is 1.84. The third kappa shape index (κ3) is 4.93. The lowest BCUT2D eigenvalue weighted by molar-refractivity contribution is 0.309. The Balaban J connectivity index is 2.62. The molecule has 0 aliphatic carbocycles. The molecule has 0 unspecified atom stereocenters. The second kappa shape index (κ2) is 8.00. The number of sulfonamides is 1. The Labute approximate surface area is 121 Å². The summed E-state index contributed by atoms with van der Waals surface area (Å²) < 4.78 is 26.7. The summed E-state index contributed by atoms with van der Waals surface area (Å²) in [7, 11) is -3.46. The zero-order valence-corrected chi connectivity index (χ0v) is 12.8. The molecule has 5 nitrogen and oxygen atoms in total. The highest BCUT2D eigenvalue weighted by Gasteiger charge is 2.13. The Morgan fingerprint density at radius 3 is 2.30 bits per heavy atom. The largest absolute Gasteiger partial charge is 0.303 e. The van der Waals surface area contributed by atoms with E-state index < -0.39 is 10.0 Å². The lowest BCUT2D eigenvalue weighted by Gasteiger charge is -2.18. The van der Waals surface area contributed by atoms with Gasteiger partial charge in [0.15, 0.2) is 0 Å². The Morgan fingerprint density at radius 1 is 1.20 bits per heavy atom. The van der Waals surface area contributed by atoms with Gasteiger partial charge in [-0.1, -0.05) is 26.0 Å². The molecule has 0 saturated carbocycles. The molecule has 0 heterocycles. The third-order valence-corrected chi connectivity index (χ3v) is 4.61. The number of hydrogen-bond acceptors (Lipinski definition) is 4. The molecule has 1 aromatic carbocycles. The van der Waals surface area contributed by atoms with Crippen LogP contribution in [0, 0.1) is 11.3 Å². The maximum atomic E-state index is 12.1. The van der Waals surface area contributed by atoms with Gasteiger partial charge in [0.2, 0.25) is 10.0 Å². The molecule has 0 aliphatic rings. The summed E-state index contributed by atoms with van der Waals surface area (Å²) in [5, 5.41) is 8.58. The number of hydrogen-bond donors (Lipinski definition) is 1. The molecule has 0 amide bonds. The van der Waals surface area contributed by atoms with Crippen LogP contribution in [-0.4, -0.2) is 39.5 Å². The van der Waals surface area contributed by atoms with Crippen LogP contribution in [0.3, 0.4) is 0 Å². The first-order valence-electron chi connectivity index (χ1n) is 6.71. The molecule has 1 N–H and O–H groups in total. The highest BCUT2D eigenvalue weighted by atomic mass is 32.2. The van der Waals surface area contributed by atoms with Gasteiger partial charge in [-0.25, -0.2) is 13.1 Å². The molecule has 0 atom stereocenters. The maximum absolute atomic E-state index is 12.1. The number of nitriles is 1. The van der Waals surface area contributed by atoms with Crippen molar-refractivity contribution in [3.63, 3.8) is 0 Å². The van der Waals surface area contributed by atoms with Crippen molar-refractivity contribution in [2.75, 3.05) is 26.2 Å². The number of benzene rings is 1. The summed E-state index contributed by atoms with van der Waals surface area (Å²) >= 11 is 0. The molecule has 6 heteroatoms. The van der Waals surface area contributed by atoms with E-state index in [-0.39, 0.29) is 11.3 Å². The monoisotopic (exact) mass is 295 g/mol. The van der Waals surface area contributed by atoms with Gasteiger partial charge in [-0.3, -0.25) is 0 Å². The van der Waals surface area contributed by atoms with Crippen LogP contribution in [0.1, 0.15) is 19.4 Å². The fourth-order valence-corrected chi connectivity index (χ4v) is 2.86. The van der Waals surface area contributed by atoms with Crippen LogP contribution in [0.2, 0.25) is 0 Å². The molecular formula is C14H21N3O2S. The first-order valence-corrected chi connectivity index (χ1v) is 8.19. The van der Waals surface area contributed by atoms with E-state index in [0.29, 0.717) is 13.1 Å². The molecule has 0 bridgehead atoms. The number of rotatable bonds is 8. The summed E-state index contributed by atoms with van der Waals surface area (Å²) in [4.78, 5) is 2.39. The second-order valence-electron chi connectivity index (χ2n) is 4.40. The van der Waals surface area contributed by atoms with Gasteiger partial charge in [-0.15, -0.1) is 0 Å². The van der Waals surface area contributed by atoms with E-state index in [1.54, 1.807) is 12.1 Å². The van der Waals surface area contributed by atoms with Gasteiger partial charge >= 0.3 is 0 Å². The van der Waals surface area contributed by atoms with Gasteiger partial charge in [0, 0.05) is 13.1 Å². The van der Waals surface area contributed by atoms with E-state index in [2.05, 4.69) is 9.62 Å². The molecule has 0 aromatic heterocycles. The van der Waals surface area contributed by atoms with Crippen LogP contribution in [0.15, 0.2) is 29.2 Å². The van der Waals surface area contributed by atoms with Crippen LogP contribution >= 0.6 is 0 Å². The Bertz CT molecular complexity index is 543. The third-order valence-electron chi connectivity index (χ3n) is 3.13. The van der Waals surface area contributed by atoms with Crippen molar-refractivity contribution in [3.05, 3.63) is 29.8 Å². The summed E-state index contributed by atoms with van der Waals surface area (Å²) in [5.41, 5.74) is 0.814.